The zero-order chi connectivity index (χ0) is 20.6. The molecule has 4 rings (SSSR count). The highest BCUT2D eigenvalue weighted by atomic mass is 32.1. The molecular formula is C22H29N5OS. The molecule has 1 amide bonds. The van der Waals surface area contributed by atoms with E-state index in [1.165, 1.54) is 23.1 Å². The highest BCUT2D eigenvalue weighted by Crippen LogP contribution is 2.23. The van der Waals surface area contributed by atoms with Crippen LogP contribution in [0.15, 0.2) is 42.0 Å². The van der Waals surface area contributed by atoms with Crippen molar-refractivity contribution in [2.75, 3.05) is 37.3 Å². The first-order valence-corrected chi connectivity index (χ1v) is 11.0. The molecule has 1 aromatic carbocycles. The van der Waals surface area contributed by atoms with Gasteiger partial charge in [0.05, 0.1) is 15.7 Å². The van der Waals surface area contributed by atoms with E-state index in [0.717, 1.165) is 37.3 Å². The van der Waals surface area contributed by atoms with E-state index in [2.05, 4.69) is 40.0 Å². The van der Waals surface area contributed by atoms with E-state index in [1.54, 1.807) is 17.5 Å². The topological polar surface area (TPSA) is 75.4 Å². The number of pyridine rings is 1. The first-order chi connectivity index (χ1) is 14.1. The van der Waals surface area contributed by atoms with Crippen molar-refractivity contribution < 1.29 is 4.79 Å². The summed E-state index contributed by atoms with van der Waals surface area (Å²) in [5.41, 5.74) is 11.2. The third-order valence-corrected chi connectivity index (χ3v) is 5.96. The van der Waals surface area contributed by atoms with Crippen LogP contribution in [0.2, 0.25) is 0 Å². The number of carbonyl (C=O) groups excluding carboxylic acids is 1. The second-order valence-corrected chi connectivity index (χ2v) is 8.07. The second kappa shape index (κ2) is 10.2. The van der Waals surface area contributed by atoms with Gasteiger partial charge in [-0.1, -0.05) is 25.5 Å². The lowest BCUT2D eigenvalue weighted by molar-refractivity contribution is -0.127. The summed E-state index contributed by atoms with van der Waals surface area (Å²) in [6.45, 7) is 4.69. The molecule has 6 nitrogen and oxygen atoms in total. The molecule has 0 saturated carbocycles. The number of benzene rings is 1. The van der Waals surface area contributed by atoms with E-state index in [9.17, 15) is 4.79 Å². The average Bonchev–Trinajstić information content (AvgIpc) is 3.36. The number of thiazole rings is 1. The van der Waals surface area contributed by atoms with Crippen LogP contribution in [0.4, 0.5) is 11.5 Å². The van der Waals surface area contributed by atoms with Gasteiger partial charge in [-0.05, 0) is 30.5 Å². The molecule has 2 aromatic heterocycles. The van der Waals surface area contributed by atoms with Crippen LogP contribution in [0.3, 0.4) is 0 Å². The lowest BCUT2D eigenvalue weighted by atomic mass is 10.1. The number of likely N-dealkylation sites (N-methyl/N-ethyl adjacent to an activating group) is 1. The van der Waals surface area contributed by atoms with Crippen LogP contribution in [-0.2, 0) is 11.2 Å². The molecule has 2 N–H and O–H groups in total. The fraction of sp³-hybridized carbons (Fsp3) is 0.409. The number of nitrogen functional groups attached to an aromatic ring is 1. The molecule has 154 valence electrons. The standard InChI is InChI=1S/C12H18N4O.C10H11NS/c1-15(10-4-5-14-11(13)9-10)7-8-16-6-2-3-12(16)17;1-2-4-8-5-3-6-9-10(8)12-7-11-9/h4-5,9H,2-3,6-8H2,1H3,(H2,13,14);3,5-7H,2,4H2,1H3. The summed E-state index contributed by atoms with van der Waals surface area (Å²) < 4.78 is 1.36. The van der Waals surface area contributed by atoms with Gasteiger partial charge in [0.1, 0.15) is 5.82 Å². The van der Waals surface area contributed by atoms with E-state index < -0.39 is 0 Å². The quantitative estimate of drug-likeness (QED) is 0.664. The molecule has 0 unspecified atom stereocenters. The minimum atomic E-state index is 0.271. The number of aromatic nitrogens is 2. The molecule has 0 aliphatic carbocycles. The first-order valence-electron chi connectivity index (χ1n) is 10.1. The lowest BCUT2D eigenvalue weighted by Crippen LogP contribution is -2.34. The molecule has 0 atom stereocenters. The summed E-state index contributed by atoms with van der Waals surface area (Å²) >= 11 is 1.74. The third kappa shape index (κ3) is 5.67. The van der Waals surface area contributed by atoms with E-state index >= 15 is 0 Å². The number of carbonyl (C=O) groups is 1. The van der Waals surface area contributed by atoms with Gasteiger partial charge in [0.2, 0.25) is 5.91 Å². The van der Waals surface area contributed by atoms with E-state index in [0.29, 0.717) is 12.2 Å². The maximum Gasteiger partial charge on any atom is 0.222 e. The molecule has 0 radical (unpaired) electrons. The van der Waals surface area contributed by atoms with Crippen molar-refractivity contribution in [1.82, 2.24) is 14.9 Å². The summed E-state index contributed by atoms with van der Waals surface area (Å²) in [4.78, 5) is 23.7. The third-order valence-electron chi connectivity index (χ3n) is 5.04. The highest BCUT2D eigenvalue weighted by molar-refractivity contribution is 7.16. The largest absolute Gasteiger partial charge is 0.384 e. The Hall–Kier alpha value is -2.67. The van der Waals surface area contributed by atoms with Crippen LogP contribution < -0.4 is 10.6 Å². The lowest BCUT2D eigenvalue weighted by Gasteiger charge is -2.23. The Labute approximate surface area is 176 Å². The van der Waals surface area contributed by atoms with Gasteiger partial charge in [0, 0.05) is 51.1 Å². The Kier molecular flexibility index (Phi) is 7.41. The smallest absolute Gasteiger partial charge is 0.222 e. The number of hydrogen-bond donors (Lipinski definition) is 1. The van der Waals surface area contributed by atoms with Gasteiger partial charge in [0.25, 0.3) is 0 Å². The van der Waals surface area contributed by atoms with Gasteiger partial charge in [-0.2, -0.15) is 0 Å². The summed E-state index contributed by atoms with van der Waals surface area (Å²) in [5.74, 6) is 0.791. The van der Waals surface area contributed by atoms with Gasteiger partial charge < -0.3 is 15.5 Å². The summed E-state index contributed by atoms with van der Waals surface area (Å²) in [6, 6.07) is 10.1. The first kappa shape index (κ1) is 21.0. The van der Waals surface area contributed by atoms with Gasteiger partial charge in [-0.15, -0.1) is 11.3 Å². The van der Waals surface area contributed by atoms with E-state index in [-0.39, 0.29) is 5.91 Å². The second-order valence-electron chi connectivity index (χ2n) is 7.21. The molecule has 3 aromatic rings. The molecule has 1 aliphatic heterocycles. The number of hydrogen-bond acceptors (Lipinski definition) is 6. The minimum absolute atomic E-state index is 0.271. The number of nitrogens with zero attached hydrogens (tertiary/aromatic N) is 4. The average molecular weight is 412 g/mol. The number of fused-ring (bicyclic) bond motifs is 1. The fourth-order valence-electron chi connectivity index (χ4n) is 3.43. The SMILES string of the molecule is CCCc1cccc2ncsc12.CN(CCN1CCCC1=O)c1ccnc(N)c1. The number of likely N-dealkylation sites (tertiary alicyclic amines) is 1. The van der Waals surface area contributed by atoms with Crippen molar-refractivity contribution in [3.8, 4) is 0 Å². The molecule has 0 spiro atoms. The van der Waals surface area contributed by atoms with Crippen LogP contribution in [0.1, 0.15) is 31.7 Å². The molecule has 1 aliphatic rings. The van der Waals surface area contributed by atoms with Crippen LogP contribution in [0.5, 0.6) is 0 Å². The molecule has 1 fully saturated rings. The Balaban J connectivity index is 0.000000176. The van der Waals surface area contributed by atoms with E-state index in [4.69, 9.17) is 5.73 Å². The van der Waals surface area contributed by atoms with Gasteiger partial charge in [-0.3, -0.25) is 4.79 Å². The Morgan fingerprint density at radius 1 is 1.28 bits per heavy atom. The highest BCUT2D eigenvalue weighted by Gasteiger charge is 2.19. The normalized spacial score (nSPS) is 13.4. The Morgan fingerprint density at radius 2 is 2.14 bits per heavy atom. The van der Waals surface area contributed by atoms with Crippen molar-refractivity contribution in [2.45, 2.75) is 32.6 Å². The van der Waals surface area contributed by atoms with Crippen LogP contribution in [0.25, 0.3) is 10.2 Å². The van der Waals surface area contributed by atoms with Crippen molar-refractivity contribution in [1.29, 1.82) is 0 Å². The van der Waals surface area contributed by atoms with Crippen LogP contribution in [-0.4, -0.2) is 47.5 Å². The maximum absolute atomic E-state index is 11.5. The van der Waals surface area contributed by atoms with Crippen molar-refractivity contribution in [3.05, 3.63) is 47.6 Å². The molecule has 29 heavy (non-hydrogen) atoms. The van der Waals surface area contributed by atoms with Crippen molar-refractivity contribution in [3.63, 3.8) is 0 Å². The number of anilines is 2. The number of amides is 1. The summed E-state index contributed by atoms with van der Waals surface area (Å²) in [6.07, 6.45) is 5.76. The van der Waals surface area contributed by atoms with Crippen molar-refractivity contribution in [2.24, 2.45) is 0 Å². The molecular weight excluding hydrogens is 382 g/mol. The van der Waals surface area contributed by atoms with Gasteiger partial charge in [-0.25, -0.2) is 9.97 Å². The number of aryl methyl sites for hydroxylation is 1. The number of nitrogens with two attached hydrogens (primary N) is 1. The molecule has 3 heterocycles. The zero-order valence-electron chi connectivity index (χ0n) is 17.2. The monoisotopic (exact) mass is 411 g/mol. The van der Waals surface area contributed by atoms with Crippen LogP contribution >= 0.6 is 11.3 Å². The molecule has 0 bridgehead atoms. The maximum atomic E-state index is 11.5. The van der Waals surface area contributed by atoms with Gasteiger partial charge in [0.15, 0.2) is 0 Å². The summed E-state index contributed by atoms with van der Waals surface area (Å²) in [5, 5.41) is 0. The summed E-state index contributed by atoms with van der Waals surface area (Å²) in [7, 11) is 2.00. The van der Waals surface area contributed by atoms with Crippen LogP contribution in [0, 0.1) is 0 Å². The molecule has 1 saturated heterocycles. The zero-order valence-corrected chi connectivity index (χ0v) is 18.0. The Morgan fingerprint density at radius 3 is 2.86 bits per heavy atom. The number of rotatable bonds is 6. The predicted molar refractivity (Wildman–Crippen MR) is 121 cm³/mol. The Bertz CT molecular complexity index is 942. The molecule has 7 heteroatoms. The fourth-order valence-corrected chi connectivity index (χ4v) is 4.26. The van der Waals surface area contributed by atoms with Gasteiger partial charge >= 0.3 is 0 Å². The van der Waals surface area contributed by atoms with Crippen molar-refractivity contribution >= 4 is 39.0 Å². The predicted octanol–water partition coefficient (Wildman–Crippen LogP) is 3.97. The minimum Gasteiger partial charge on any atom is -0.384 e. The van der Waals surface area contributed by atoms with E-state index in [1.807, 2.05) is 29.6 Å².